The third kappa shape index (κ3) is 6.76. The normalized spacial score (nSPS) is 13.9. The van der Waals surface area contributed by atoms with Gasteiger partial charge in [-0.1, -0.05) is 13.8 Å². The molecule has 0 spiro atoms. The maximum Gasteiger partial charge on any atom is 0.326 e. The van der Waals surface area contributed by atoms with Crippen molar-refractivity contribution >= 4 is 17.8 Å². The predicted octanol–water partition coefficient (Wildman–Crippen LogP) is 0.0416. The molecule has 0 aliphatic carbocycles. The molecule has 0 radical (unpaired) electrons. The average molecular weight is 274 g/mol. The number of carbonyl (C=O) groups excluding carboxylic acids is 1. The summed E-state index contributed by atoms with van der Waals surface area (Å²) in [4.78, 5) is 33.2. The quantitative estimate of drug-likeness (QED) is 0.469. The molecule has 2 atom stereocenters. The molecule has 0 heterocycles. The molecule has 0 aromatic rings. The maximum atomic E-state index is 11.9. The van der Waals surface area contributed by atoms with Crippen LogP contribution >= 0.6 is 0 Å². The van der Waals surface area contributed by atoms with Gasteiger partial charge in [0.2, 0.25) is 5.91 Å². The Balaban J connectivity index is 4.45. The smallest absolute Gasteiger partial charge is 0.326 e. The van der Waals surface area contributed by atoms with Crippen LogP contribution in [0.25, 0.3) is 0 Å². The molecule has 1 unspecified atom stereocenters. The lowest BCUT2D eigenvalue weighted by Gasteiger charge is -2.21. The Labute approximate surface area is 112 Å². The zero-order chi connectivity index (χ0) is 15.0. The van der Waals surface area contributed by atoms with Gasteiger partial charge in [0.15, 0.2) is 0 Å². The first-order valence-corrected chi connectivity index (χ1v) is 6.24. The van der Waals surface area contributed by atoms with E-state index in [0.717, 1.165) is 0 Å². The first-order chi connectivity index (χ1) is 8.79. The van der Waals surface area contributed by atoms with Gasteiger partial charge in [0, 0.05) is 13.0 Å². The molecule has 7 nitrogen and oxygen atoms in total. The Morgan fingerprint density at radius 1 is 1.21 bits per heavy atom. The standard InChI is InChI=1S/C12H22N2O5/c1-7(2)8(6-13)11(17)14-9(12(18)19)4-3-5-10(15)16/h7-9H,3-6,13H2,1-2H3,(H,14,17)(H,15,16)(H,18,19)/t8?,9-/m1/s1. The van der Waals surface area contributed by atoms with E-state index in [-0.39, 0.29) is 31.7 Å². The van der Waals surface area contributed by atoms with Gasteiger partial charge < -0.3 is 21.3 Å². The largest absolute Gasteiger partial charge is 0.481 e. The van der Waals surface area contributed by atoms with Gasteiger partial charge in [0.1, 0.15) is 6.04 Å². The van der Waals surface area contributed by atoms with Crippen LogP contribution in [0.3, 0.4) is 0 Å². The van der Waals surface area contributed by atoms with Crippen LogP contribution in [0.2, 0.25) is 0 Å². The molecule has 0 aliphatic heterocycles. The van der Waals surface area contributed by atoms with Crippen molar-refractivity contribution in [1.82, 2.24) is 5.32 Å². The van der Waals surface area contributed by atoms with Crippen molar-refractivity contribution in [2.45, 2.75) is 39.2 Å². The Hall–Kier alpha value is -1.63. The molecule has 0 aromatic heterocycles. The fraction of sp³-hybridized carbons (Fsp3) is 0.750. The summed E-state index contributed by atoms with van der Waals surface area (Å²) < 4.78 is 0. The summed E-state index contributed by atoms with van der Waals surface area (Å²) in [7, 11) is 0. The number of carbonyl (C=O) groups is 3. The topological polar surface area (TPSA) is 130 Å². The second-order valence-corrected chi connectivity index (χ2v) is 4.77. The van der Waals surface area contributed by atoms with E-state index in [1.54, 1.807) is 0 Å². The van der Waals surface area contributed by atoms with Crippen LogP contribution in [-0.4, -0.2) is 40.6 Å². The van der Waals surface area contributed by atoms with Crippen LogP contribution in [0.15, 0.2) is 0 Å². The summed E-state index contributed by atoms with van der Waals surface area (Å²) in [5, 5.41) is 19.9. The van der Waals surface area contributed by atoms with Crippen LogP contribution in [0, 0.1) is 11.8 Å². The summed E-state index contributed by atoms with van der Waals surface area (Å²) in [6, 6.07) is -1.07. The lowest BCUT2D eigenvalue weighted by atomic mass is 9.94. The highest BCUT2D eigenvalue weighted by Gasteiger charge is 2.26. The highest BCUT2D eigenvalue weighted by molar-refractivity contribution is 5.85. The number of hydrogen-bond acceptors (Lipinski definition) is 4. The first kappa shape index (κ1) is 17.4. The highest BCUT2D eigenvalue weighted by Crippen LogP contribution is 2.10. The van der Waals surface area contributed by atoms with Gasteiger partial charge in [-0.2, -0.15) is 0 Å². The predicted molar refractivity (Wildman–Crippen MR) is 68.4 cm³/mol. The molecule has 7 heteroatoms. The molecule has 0 aliphatic rings. The van der Waals surface area contributed by atoms with Gasteiger partial charge in [0.05, 0.1) is 5.92 Å². The number of rotatable bonds is 9. The molecule has 0 bridgehead atoms. The summed E-state index contributed by atoms with van der Waals surface area (Å²) in [5.41, 5.74) is 5.48. The van der Waals surface area contributed by atoms with E-state index in [0.29, 0.717) is 0 Å². The van der Waals surface area contributed by atoms with Crippen molar-refractivity contribution in [1.29, 1.82) is 0 Å². The average Bonchev–Trinajstić information content (AvgIpc) is 2.27. The number of aliphatic carboxylic acids is 2. The van der Waals surface area contributed by atoms with Gasteiger partial charge in [0.25, 0.3) is 0 Å². The Kier molecular flexibility index (Phi) is 7.74. The highest BCUT2D eigenvalue weighted by atomic mass is 16.4. The molecule has 0 saturated carbocycles. The number of carboxylic acid groups (broad SMARTS) is 2. The maximum absolute atomic E-state index is 11.9. The number of carboxylic acids is 2. The minimum Gasteiger partial charge on any atom is -0.481 e. The molecule has 110 valence electrons. The minimum atomic E-state index is -1.17. The van der Waals surface area contributed by atoms with E-state index in [9.17, 15) is 14.4 Å². The van der Waals surface area contributed by atoms with Gasteiger partial charge in [-0.25, -0.2) is 4.79 Å². The van der Waals surface area contributed by atoms with Crippen LogP contribution in [0.5, 0.6) is 0 Å². The molecule has 0 saturated heterocycles. The molecular weight excluding hydrogens is 252 g/mol. The van der Waals surface area contributed by atoms with Crippen LogP contribution in [-0.2, 0) is 14.4 Å². The fourth-order valence-corrected chi connectivity index (χ4v) is 1.68. The molecule has 1 amide bonds. The summed E-state index contributed by atoms with van der Waals surface area (Å²) in [6.45, 7) is 3.81. The Bertz CT molecular complexity index is 330. The van der Waals surface area contributed by atoms with Crippen molar-refractivity contribution in [2.75, 3.05) is 6.54 Å². The number of nitrogens with one attached hydrogen (secondary N) is 1. The number of amides is 1. The molecule has 0 rings (SSSR count). The fourth-order valence-electron chi connectivity index (χ4n) is 1.68. The van der Waals surface area contributed by atoms with E-state index < -0.39 is 29.8 Å². The van der Waals surface area contributed by atoms with Gasteiger partial charge in [-0.15, -0.1) is 0 Å². The lowest BCUT2D eigenvalue weighted by molar-refractivity contribution is -0.143. The number of nitrogens with two attached hydrogens (primary N) is 1. The molecular formula is C12H22N2O5. The third-order valence-electron chi connectivity index (χ3n) is 2.89. The van der Waals surface area contributed by atoms with Crippen molar-refractivity contribution in [3.8, 4) is 0 Å². The van der Waals surface area contributed by atoms with Gasteiger partial charge in [-0.3, -0.25) is 9.59 Å². The van der Waals surface area contributed by atoms with Crippen molar-refractivity contribution in [3.05, 3.63) is 0 Å². The van der Waals surface area contributed by atoms with E-state index in [2.05, 4.69) is 5.32 Å². The van der Waals surface area contributed by atoms with E-state index in [1.165, 1.54) is 0 Å². The minimum absolute atomic E-state index is 0.0125. The molecule has 5 N–H and O–H groups in total. The van der Waals surface area contributed by atoms with Crippen LogP contribution < -0.4 is 11.1 Å². The molecule has 0 fully saturated rings. The second-order valence-electron chi connectivity index (χ2n) is 4.77. The van der Waals surface area contributed by atoms with Crippen molar-refractivity contribution in [3.63, 3.8) is 0 Å². The van der Waals surface area contributed by atoms with E-state index in [1.807, 2.05) is 13.8 Å². The first-order valence-electron chi connectivity index (χ1n) is 6.24. The van der Waals surface area contributed by atoms with Gasteiger partial charge >= 0.3 is 11.9 Å². The third-order valence-corrected chi connectivity index (χ3v) is 2.89. The molecule has 0 aromatic carbocycles. The monoisotopic (exact) mass is 274 g/mol. The van der Waals surface area contributed by atoms with Crippen molar-refractivity contribution < 1.29 is 24.6 Å². The summed E-state index contributed by atoms with van der Waals surface area (Å²) >= 11 is 0. The summed E-state index contributed by atoms with van der Waals surface area (Å²) in [5.74, 6) is -2.99. The van der Waals surface area contributed by atoms with Gasteiger partial charge in [-0.05, 0) is 18.8 Å². The van der Waals surface area contributed by atoms with E-state index >= 15 is 0 Å². The Morgan fingerprint density at radius 2 is 1.79 bits per heavy atom. The lowest BCUT2D eigenvalue weighted by Crippen LogP contribution is -2.46. The summed E-state index contributed by atoms with van der Waals surface area (Å²) in [6.07, 6.45) is 0.161. The van der Waals surface area contributed by atoms with Crippen molar-refractivity contribution in [2.24, 2.45) is 17.6 Å². The van der Waals surface area contributed by atoms with Crippen LogP contribution in [0.1, 0.15) is 33.1 Å². The van der Waals surface area contributed by atoms with E-state index in [4.69, 9.17) is 15.9 Å². The SMILES string of the molecule is CC(C)C(CN)C(=O)N[C@H](CCCC(=O)O)C(=O)O. The Morgan fingerprint density at radius 3 is 2.16 bits per heavy atom. The zero-order valence-corrected chi connectivity index (χ0v) is 11.3. The zero-order valence-electron chi connectivity index (χ0n) is 11.3. The second kappa shape index (κ2) is 8.47. The van der Waals surface area contributed by atoms with Crippen LogP contribution in [0.4, 0.5) is 0 Å². The number of hydrogen-bond donors (Lipinski definition) is 4. The molecule has 19 heavy (non-hydrogen) atoms.